The van der Waals surface area contributed by atoms with E-state index in [1.165, 1.54) is 56.1 Å². The molecule has 176 valence electrons. The van der Waals surface area contributed by atoms with E-state index in [2.05, 4.69) is 47.3 Å². The molecular formula is C29H48O2. The van der Waals surface area contributed by atoms with Gasteiger partial charge in [-0.15, -0.1) is 0 Å². The lowest BCUT2D eigenvalue weighted by atomic mass is 9.46. The Bertz CT molecular complexity index is 710. The van der Waals surface area contributed by atoms with Crippen LogP contribution in [-0.2, 0) is 0 Å². The quantitative estimate of drug-likeness (QED) is 0.451. The van der Waals surface area contributed by atoms with Crippen LogP contribution in [0.25, 0.3) is 0 Å². The van der Waals surface area contributed by atoms with E-state index in [-0.39, 0.29) is 17.6 Å². The molecule has 4 aliphatic rings. The smallest absolute Gasteiger partial charge is 0.0757 e. The summed E-state index contributed by atoms with van der Waals surface area (Å²) in [5.74, 6) is 3.80. The van der Waals surface area contributed by atoms with E-state index in [1.807, 2.05) is 0 Å². The highest BCUT2D eigenvalue weighted by molar-refractivity contribution is 5.28. The van der Waals surface area contributed by atoms with Gasteiger partial charge < -0.3 is 10.2 Å². The monoisotopic (exact) mass is 428 g/mol. The highest BCUT2D eigenvalue weighted by Gasteiger charge is 2.61. The lowest BCUT2D eigenvalue weighted by Crippen LogP contribution is -2.54. The molecule has 10 atom stereocenters. The Kier molecular flexibility index (Phi) is 6.56. The van der Waals surface area contributed by atoms with E-state index in [0.717, 1.165) is 31.1 Å². The van der Waals surface area contributed by atoms with Crippen molar-refractivity contribution in [3.8, 4) is 0 Å². The van der Waals surface area contributed by atoms with Gasteiger partial charge in [-0.2, -0.15) is 0 Å². The first kappa shape index (κ1) is 23.6. The van der Waals surface area contributed by atoms with E-state index in [4.69, 9.17) is 0 Å². The fourth-order valence-corrected chi connectivity index (χ4v) is 8.75. The van der Waals surface area contributed by atoms with Crippen LogP contribution in [0.5, 0.6) is 0 Å². The minimum Gasteiger partial charge on any atom is -0.393 e. The summed E-state index contributed by atoms with van der Waals surface area (Å²) in [6.07, 6.45) is 13.3. The van der Waals surface area contributed by atoms with Crippen molar-refractivity contribution >= 4 is 0 Å². The molecule has 0 amide bonds. The third-order valence-corrected chi connectivity index (χ3v) is 11.1. The highest BCUT2D eigenvalue weighted by atomic mass is 16.3. The molecule has 0 aromatic rings. The summed E-state index contributed by atoms with van der Waals surface area (Å²) < 4.78 is 0. The van der Waals surface area contributed by atoms with Gasteiger partial charge in [0.15, 0.2) is 0 Å². The van der Waals surface area contributed by atoms with Crippen molar-refractivity contribution in [1.82, 2.24) is 0 Å². The molecule has 0 heterocycles. The molecule has 0 unspecified atom stereocenters. The fraction of sp³-hybridized carbons (Fsp3) is 0.862. The third-order valence-electron chi connectivity index (χ3n) is 11.1. The molecule has 31 heavy (non-hydrogen) atoms. The van der Waals surface area contributed by atoms with Gasteiger partial charge in [0.1, 0.15) is 0 Å². The van der Waals surface area contributed by atoms with E-state index < -0.39 is 0 Å². The SMILES string of the molecule is C=C(CC[C@@H](C)[C@H]1CC[C@H]2[C@@H]3[C@H](O)C=C4C[C@@H](O)CC[C@]4(C)[C@H]3CC[C@]12C)[C@@H](C)CC. The minimum absolute atomic E-state index is 0.197. The number of rotatable bonds is 6. The molecule has 0 spiro atoms. The zero-order valence-electron chi connectivity index (χ0n) is 20.9. The predicted octanol–water partition coefficient (Wildman–Crippen LogP) is 6.92. The van der Waals surface area contributed by atoms with Gasteiger partial charge in [0.05, 0.1) is 12.2 Å². The van der Waals surface area contributed by atoms with E-state index in [1.54, 1.807) is 0 Å². The summed E-state index contributed by atoms with van der Waals surface area (Å²) in [7, 11) is 0. The molecule has 2 heteroatoms. The number of hydrogen-bond donors (Lipinski definition) is 2. The number of aliphatic hydroxyl groups is 2. The zero-order valence-corrected chi connectivity index (χ0v) is 20.9. The molecular weight excluding hydrogens is 380 g/mol. The molecule has 4 aliphatic carbocycles. The van der Waals surface area contributed by atoms with Crippen LogP contribution in [0.15, 0.2) is 23.8 Å². The molecule has 0 aromatic heterocycles. The predicted molar refractivity (Wildman–Crippen MR) is 130 cm³/mol. The summed E-state index contributed by atoms with van der Waals surface area (Å²) >= 11 is 0. The number of allylic oxidation sites excluding steroid dienone is 1. The van der Waals surface area contributed by atoms with Gasteiger partial charge >= 0.3 is 0 Å². The first-order valence-electron chi connectivity index (χ1n) is 13.4. The molecule has 0 radical (unpaired) electrons. The van der Waals surface area contributed by atoms with Crippen LogP contribution in [0.1, 0.15) is 98.8 Å². The summed E-state index contributed by atoms with van der Waals surface area (Å²) in [6, 6.07) is 0. The van der Waals surface area contributed by atoms with Crippen LogP contribution in [0.2, 0.25) is 0 Å². The van der Waals surface area contributed by atoms with Crippen molar-refractivity contribution in [1.29, 1.82) is 0 Å². The van der Waals surface area contributed by atoms with Gasteiger partial charge in [-0.25, -0.2) is 0 Å². The molecule has 3 fully saturated rings. The Balaban J connectivity index is 1.51. The second kappa shape index (κ2) is 8.64. The van der Waals surface area contributed by atoms with Crippen LogP contribution in [0, 0.1) is 46.3 Å². The fourth-order valence-electron chi connectivity index (χ4n) is 8.75. The maximum Gasteiger partial charge on any atom is 0.0757 e. The van der Waals surface area contributed by atoms with Crippen LogP contribution in [0.3, 0.4) is 0 Å². The van der Waals surface area contributed by atoms with Gasteiger partial charge in [-0.1, -0.05) is 58.4 Å². The molecule has 0 bridgehead atoms. The highest BCUT2D eigenvalue weighted by Crippen LogP contribution is 2.67. The minimum atomic E-state index is -0.317. The molecule has 0 saturated heterocycles. The van der Waals surface area contributed by atoms with Crippen molar-refractivity contribution in [2.45, 2.75) is 111 Å². The van der Waals surface area contributed by atoms with Crippen LogP contribution >= 0.6 is 0 Å². The maximum absolute atomic E-state index is 11.3. The maximum atomic E-state index is 11.3. The lowest BCUT2D eigenvalue weighted by Gasteiger charge is -2.59. The Morgan fingerprint density at radius 1 is 1.10 bits per heavy atom. The molecule has 3 saturated carbocycles. The van der Waals surface area contributed by atoms with Crippen molar-refractivity contribution in [3.63, 3.8) is 0 Å². The van der Waals surface area contributed by atoms with Crippen molar-refractivity contribution in [3.05, 3.63) is 23.8 Å². The molecule has 0 aliphatic heterocycles. The average Bonchev–Trinajstić information content (AvgIpc) is 3.09. The van der Waals surface area contributed by atoms with Gasteiger partial charge in [0, 0.05) is 0 Å². The van der Waals surface area contributed by atoms with Gasteiger partial charge in [0.25, 0.3) is 0 Å². The van der Waals surface area contributed by atoms with E-state index in [9.17, 15) is 10.2 Å². The molecule has 4 rings (SSSR count). The number of aliphatic hydroxyl groups excluding tert-OH is 2. The molecule has 0 aromatic carbocycles. The first-order valence-corrected chi connectivity index (χ1v) is 13.4. The van der Waals surface area contributed by atoms with Crippen LogP contribution < -0.4 is 0 Å². The lowest BCUT2D eigenvalue weighted by molar-refractivity contribution is -0.0970. The summed E-state index contributed by atoms with van der Waals surface area (Å²) in [5.41, 5.74) is 3.36. The second-order valence-corrected chi connectivity index (χ2v) is 12.5. The first-order chi connectivity index (χ1) is 14.6. The largest absolute Gasteiger partial charge is 0.393 e. The van der Waals surface area contributed by atoms with Crippen molar-refractivity contribution in [2.75, 3.05) is 0 Å². The number of fused-ring (bicyclic) bond motifs is 5. The van der Waals surface area contributed by atoms with E-state index >= 15 is 0 Å². The summed E-state index contributed by atoms with van der Waals surface area (Å²) in [4.78, 5) is 0. The Morgan fingerprint density at radius 2 is 1.84 bits per heavy atom. The standard InChI is InChI=1S/C29H48O2/c1-7-18(2)19(3)8-9-20(4)23-10-11-24-27-25(13-15-29(23,24)6)28(5)14-12-22(30)16-21(28)17-26(27)31/h17-18,20,22-27,30-31H,3,7-16H2,1-2,4-6H3/t18-,20+,22-,23+,24-,25-,26+,27-,28-,29+/m0/s1. The topological polar surface area (TPSA) is 40.5 Å². The average molecular weight is 429 g/mol. The van der Waals surface area contributed by atoms with E-state index in [0.29, 0.717) is 29.1 Å². The van der Waals surface area contributed by atoms with Crippen molar-refractivity contribution < 1.29 is 10.2 Å². The molecule has 2 N–H and O–H groups in total. The van der Waals surface area contributed by atoms with Crippen LogP contribution in [-0.4, -0.2) is 22.4 Å². The number of hydrogen-bond acceptors (Lipinski definition) is 2. The zero-order chi connectivity index (χ0) is 22.6. The second-order valence-electron chi connectivity index (χ2n) is 12.5. The van der Waals surface area contributed by atoms with Gasteiger partial charge in [-0.05, 0) is 111 Å². The molecule has 2 nitrogen and oxygen atoms in total. The summed E-state index contributed by atoms with van der Waals surface area (Å²) in [6.45, 7) is 16.5. The Morgan fingerprint density at radius 3 is 2.55 bits per heavy atom. The Hall–Kier alpha value is -0.600. The van der Waals surface area contributed by atoms with Crippen LogP contribution in [0.4, 0.5) is 0 Å². The van der Waals surface area contributed by atoms with Crippen molar-refractivity contribution in [2.24, 2.45) is 46.3 Å². The van der Waals surface area contributed by atoms with Gasteiger partial charge in [-0.3, -0.25) is 0 Å². The Labute approximate surface area is 191 Å². The van der Waals surface area contributed by atoms with Gasteiger partial charge in [0.2, 0.25) is 0 Å². The normalized spacial score (nSPS) is 46.4. The third kappa shape index (κ3) is 3.88. The summed E-state index contributed by atoms with van der Waals surface area (Å²) in [5, 5.41) is 21.6.